The van der Waals surface area contributed by atoms with Gasteiger partial charge in [-0.3, -0.25) is 4.79 Å². The average Bonchev–Trinajstić information content (AvgIpc) is 2.33. The number of hydrogen-bond donors (Lipinski definition) is 1. The number of carbonyl (C=O) groups excluding carboxylic acids is 1. The fourth-order valence-corrected chi connectivity index (χ4v) is 1.41. The average molecular weight is 225 g/mol. The number of amides is 1. The Morgan fingerprint density at radius 2 is 2.19 bits per heavy atom. The highest BCUT2D eigenvalue weighted by atomic mass is 19.1. The number of carbonyl (C=O) groups is 1. The first kappa shape index (κ1) is 11.0. The first-order valence-electron chi connectivity index (χ1n) is 5.02. The van der Waals surface area contributed by atoms with E-state index >= 15 is 0 Å². The van der Waals surface area contributed by atoms with E-state index in [0.29, 0.717) is 13.2 Å². The fourth-order valence-electron chi connectivity index (χ4n) is 1.41. The summed E-state index contributed by atoms with van der Waals surface area (Å²) >= 11 is 0. The van der Waals surface area contributed by atoms with Gasteiger partial charge in [-0.1, -0.05) is 12.1 Å². The highest BCUT2D eigenvalue weighted by Crippen LogP contribution is 2.13. The van der Waals surface area contributed by atoms with Crippen molar-refractivity contribution in [3.05, 3.63) is 30.1 Å². The van der Waals surface area contributed by atoms with E-state index in [4.69, 9.17) is 9.47 Å². The van der Waals surface area contributed by atoms with Crippen molar-refractivity contribution in [3.8, 4) is 0 Å². The third kappa shape index (κ3) is 2.56. The third-order valence-corrected chi connectivity index (χ3v) is 2.24. The number of anilines is 1. The van der Waals surface area contributed by atoms with Crippen molar-refractivity contribution in [2.45, 2.75) is 6.10 Å². The summed E-state index contributed by atoms with van der Waals surface area (Å²) in [7, 11) is 0. The molecule has 0 aromatic heterocycles. The molecule has 0 saturated carbocycles. The van der Waals surface area contributed by atoms with Crippen LogP contribution in [0, 0.1) is 5.82 Å². The van der Waals surface area contributed by atoms with Crippen LogP contribution in [0.4, 0.5) is 10.1 Å². The summed E-state index contributed by atoms with van der Waals surface area (Å²) in [5.74, 6) is -0.850. The van der Waals surface area contributed by atoms with Crippen LogP contribution in [0.1, 0.15) is 0 Å². The van der Waals surface area contributed by atoms with Gasteiger partial charge < -0.3 is 14.8 Å². The molecule has 4 nitrogen and oxygen atoms in total. The number of rotatable bonds is 2. The predicted molar refractivity (Wildman–Crippen MR) is 55.6 cm³/mol. The molecule has 1 aromatic carbocycles. The van der Waals surface area contributed by atoms with E-state index in [1.807, 2.05) is 0 Å². The summed E-state index contributed by atoms with van der Waals surface area (Å²) in [5, 5.41) is 2.46. The molecule has 5 heteroatoms. The second-order valence-corrected chi connectivity index (χ2v) is 3.40. The topological polar surface area (TPSA) is 47.6 Å². The van der Waals surface area contributed by atoms with E-state index in [0.717, 1.165) is 0 Å². The molecule has 1 N–H and O–H groups in total. The smallest absolute Gasteiger partial charge is 0.255 e. The summed E-state index contributed by atoms with van der Waals surface area (Å²) in [6.07, 6.45) is -0.659. The molecule has 86 valence electrons. The maximum atomic E-state index is 13.2. The van der Waals surface area contributed by atoms with Crippen LogP contribution in [-0.4, -0.2) is 31.8 Å². The van der Waals surface area contributed by atoms with Crippen LogP contribution in [0.5, 0.6) is 0 Å². The van der Waals surface area contributed by atoms with Crippen LogP contribution in [0.2, 0.25) is 0 Å². The van der Waals surface area contributed by atoms with E-state index in [2.05, 4.69) is 5.32 Å². The maximum absolute atomic E-state index is 13.2. The van der Waals surface area contributed by atoms with Crippen LogP contribution in [0.25, 0.3) is 0 Å². The van der Waals surface area contributed by atoms with Gasteiger partial charge in [-0.05, 0) is 12.1 Å². The van der Waals surface area contributed by atoms with E-state index in [1.54, 1.807) is 12.1 Å². The highest BCUT2D eigenvalue weighted by Gasteiger charge is 2.23. The maximum Gasteiger partial charge on any atom is 0.255 e. The zero-order valence-electron chi connectivity index (χ0n) is 8.61. The van der Waals surface area contributed by atoms with Crippen LogP contribution in [0.3, 0.4) is 0 Å². The molecule has 0 spiro atoms. The molecule has 1 fully saturated rings. The van der Waals surface area contributed by atoms with Gasteiger partial charge in [-0.15, -0.1) is 0 Å². The number of halogens is 1. The zero-order valence-corrected chi connectivity index (χ0v) is 8.61. The van der Waals surface area contributed by atoms with Gasteiger partial charge in [0.1, 0.15) is 5.82 Å². The standard InChI is InChI=1S/C11H12FNO3/c12-8-3-1-2-4-9(8)13-11(14)10-7-15-5-6-16-10/h1-4,10H,5-7H2,(H,13,14)/t10-/m0/s1. The number of para-hydroxylation sites is 1. The minimum atomic E-state index is -0.659. The fraction of sp³-hybridized carbons (Fsp3) is 0.364. The summed E-state index contributed by atoms with van der Waals surface area (Å²) < 4.78 is 23.5. The van der Waals surface area contributed by atoms with Crippen molar-refractivity contribution >= 4 is 11.6 Å². The number of nitrogens with one attached hydrogen (secondary N) is 1. The summed E-state index contributed by atoms with van der Waals surface area (Å²) in [6, 6.07) is 5.99. The van der Waals surface area contributed by atoms with E-state index < -0.39 is 11.9 Å². The molecule has 1 saturated heterocycles. The molecule has 0 bridgehead atoms. The van der Waals surface area contributed by atoms with Gasteiger partial charge in [-0.25, -0.2) is 4.39 Å². The molecule has 1 heterocycles. The normalized spacial score (nSPS) is 20.4. The van der Waals surface area contributed by atoms with Gasteiger partial charge in [-0.2, -0.15) is 0 Å². The summed E-state index contributed by atoms with van der Waals surface area (Å²) in [4.78, 5) is 11.6. The van der Waals surface area contributed by atoms with Crippen LogP contribution >= 0.6 is 0 Å². The van der Waals surface area contributed by atoms with Gasteiger partial charge in [0, 0.05) is 0 Å². The van der Waals surface area contributed by atoms with Crippen LogP contribution in [0.15, 0.2) is 24.3 Å². The molecular formula is C11H12FNO3. The Morgan fingerprint density at radius 3 is 2.88 bits per heavy atom. The molecule has 0 aliphatic carbocycles. The molecule has 0 unspecified atom stereocenters. The molecule has 2 rings (SSSR count). The van der Waals surface area contributed by atoms with Gasteiger partial charge in [0.25, 0.3) is 5.91 Å². The monoisotopic (exact) mass is 225 g/mol. The molecule has 16 heavy (non-hydrogen) atoms. The molecule has 0 radical (unpaired) electrons. The Labute approximate surface area is 92.4 Å². The zero-order chi connectivity index (χ0) is 11.4. The number of hydrogen-bond acceptors (Lipinski definition) is 3. The van der Waals surface area contributed by atoms with E-state index in [1.165, 1.54) is 12.1 Å². The van der Waals surface area contributed by atoms with Gasteiger partial charge in [0.05, 0.1) is 25.5 Å². The number of ether oxygens (including phenoxy) is 2. The Morgan fingerprint density at radius 1 is 1.38 bits per heavy atom. The van der Waals surface area contributed by atoms with Crippen molar-refractivity contribution in [3.63, 3.8) is 0 Å². The largest absolute Gasteiger partial charge is 0.376 e. The first-order chi connectivity index (χ1) is 7.77. The van der Waals surface area contributed by atoms with Crippen LogP contribution in [-0.2, 0) is 14.3 Å². The lowest BCUT2D eigenvalue weighted by Gasteiger charge is -2.22. The first-order valence-corrected chi connectivity index (χ1v) is 5.02. The van der Waals surface area contributed by atoms with Crippen molar-refractivity contribution in [1.29, 1.82) is 0 Å². The molecular weight excluding hydrogens is 213 g/mol. The van der Waals surface area contributed by atoms with Crippen molar-refractivity contribution in [2.75, 3.05) is 25.1 Å². The Bertz CT molecular complexity index is 377. The van der Waals surface area contributed by atoms with Crippen LogP contribution < -0.4 is 5.32 Å². The third-order valence-electron chi connectivity index (χ3n) is 2.24. The summed E-state index contributed by atoms with van der Waals surface area (Å²) in [6.45, 7) is 1.08. The molecule has 1 aliphatic heterocycles. The predicted octanol–water partition coefficient (Wildman–Crippen LogP) is 1.18. The Kier molecular flexibility index (Phi) is 3.48. The van der Waals surface area contributed by atoms with Gasteiger partial charge in [0.15, 0.2) is 6.10 Å². The van der Waals surface area contributed by atoms with Crippen molar-refractivity contribution < 1.29 is 18.7 Å². The lowest BCUT2D eigenvalue weighted by molar-refractivity contribution is -0.142. The van der Waals surface area contributed by atoms with Gasteiger partial charge >= 0.3 is 0 Å². The second-order valence-electron chi connectivity index (χ2n) is 3.40. The Balaban J connectivity index is 1.99. The molecule has 1 aliphatic rings. The number of benzene rings is 1. The van der Waals surface area contributed by atoms with E-state index in [9.17, 15) is 9.18 Å². The minimum Gasteiger partial charge on any atom is -0.376 e. The molecule has 1 atom stereocenters. The summed E-state index contributed by atoms with van der Waals surface area (Å²) in [5.41, 5.74) is 0.154. The highest BCUT2D eigenvalue weighted by molar-refractivity contribution is 5.94. The lowest BCUT2D eigenvalue weighted by Crippen LogP contribution is -2.39. The van der Waals surface area contributed by atoms with E-state index in [-0.39, 0.29) is 18.2 Å². The molecule has 1 amide bonds. The minimum absolute atomic E-state index is 0.154. The Hall–Kier alpha value is -1.46. The second kappa shape index (κ2) is 5.05. The SMILES string of the molecule is O=C(Nc1ccccc1F)[C@@H]1COCCO1. The van der Waals surface area contributed by atoms with Gasteiger partial charge in [0.2, 0.25) is 0 Å². The van der Waals surface area contributed by atoms with Crippen molar-refractivity contribution in [1.82, 2.24) is 0 Å². The quantitative estimate of drug-likeness (QED) is 0.822. The molecule has 1 aromatic rings. The lowest BCUT2D eigenvalue weighted by atomic mass is 10.2. The van der Waals surface area contributed by atoms with Crippen molar-refractivity contribution in [2.24, 2.45) is 0 Å².